The SMILES string of the molecule is O=C(c1ccc(Cl)cc1)c1cccc(OCC2CCNCC2)c1. The molecular weight excluding hydrogens is 310 g/mol. The molecule has 3 nitrogen and oxygen atoms in total. The minimum Gasteiger partial charge on any atom is -0.493 e. The molecule has 1 aliphatic heterocycles. The Bertz CT molecular complexity index is 663. The molecule has 0 spiro atoms. The maximum absolute atomic E-state index is 12.5. The zero-order chi connectivity index (χ0) is 16.1. The second kappa shape index (κ2) is 7.62. The molecule has 3 rings (SSSR count). The van der Waals surface area contributed by atoms with Crippen molar-refractivity contribution in [3.63, 3.8) is 0 Å². The van der Waals surface area contributed by atoms with Gasteiger partial charge in [0.1, 0.15) is 5.75 Å². The minimum absolute atomic E-state index is 0.0195. The number of carbonyl (C=O) groups is 1. The minimum atomic E-state index is -0.0195. The molecule has 1 saturated heterocycles. The third-order valence-electron chi connectivity index (χ3n) is 4.15. The van der Waals surface area contributed by atoms with Crippen molar-refractivity contribution in [2.75, 3.05) is 19.7 Å². The van der Waals surface area contributed by atoms with E-state index in [1.54, 1.807) is 24.3 Å². The van der Waals surface area contributed by atoms with Gasteiger partial charge in [-0.1, -0.05) is 23.7 Å². The molecule has 1 aliphatic rings. The highest BCUT2D eigenvalue weighted by molar-refractivity contribution is 6.30. The molecule has 23 heavy (non-hydrogen) atoms. The first-order chi connectivity index (χ1) is 11.2. The van der Waals surface area contributed by atoms with Crippen molar-refractivity contribution in [2.45, 2.75) is 12.8 Å². The second-order valence-electron chi connectivity index (χ2n) is 5.87. The van der Waals surface area contributed by atoms with Crippen molar-refractivity contribution in [3.05, 3.63) is 64.7 Å². The molecule has 2 aromatic rings. The van der Waals surface area contributed by atoms with E-state index in [9.17, 15) is 4.79 Å². The average molecular weight is 330 g/mol. The fraction of sp³-hybridized carbons (Fsp3) is 0.316. The summed E-state index contributed by atoms with van der Waals surface area (Å²) < 4.78 is 5.89. The van der Waals surface area contributed by atoms with Crippen LogP contribution < -0.4 is 10.1 Å². The Balaban J connectivity index is 1.66. The number of hydrogen-bond acceptors (Lipinski definition) is 3. The van der Waals surface area contributed by atoms with Gasteiger partial charge >= 0.3 is 0 Å². The van der Waals surface area contributed by atoms with Crippen molar-refractivity contribution in [1.29, 1.82) is 0 Å². The molecule has 1 heterocycles. The monoisotopic (exact) mass is 329 g/mol. The molecule has 0 saturated carbocycles. The van der Waals surface area contributed by atoms with Gasteiger partial charge < -0.3 is 10.1 Å². The standard InChI is InChI=1S/C19H20ClNO2/c20-17-6-4-15(5-7-17)19(22)16-2-1-3-18(12-16)23-13-14-8-10-21-11-9-14/h1-7,12,14,21H,8-11,13H2. The van der Waals surface area contributed by atoms with E-state index in [0.717, 1.165) is 31.7 Å². The summed E-state index contributed by atoms with van der Waals surface area (Å²) in [6.45, 7) is 2.83. The number of nitrogens with one attached hydrogen (secondary N) is 1. The predicted molar refractivity (Wildman–Crippen MR) is 92.4 cm³/mol. The lowest BCUT2D eigenvalue weighted by Crippen LogP contribution is -2.30. The van der Waals surface area contributed by atoms with Gasteiger partial charge in [0.15, 0.2) is 5.78 Å². The van der Waals surface area contributed by atoms with Crippen LogP contribution in [0.2, 0.25) is 5.02 Å². The van der Waals surface area contributed by atoms with Gasteiger partial charge in [-0.05, 0) is 68.2 Å². The molecule has 0 unspecified atom stereocenters. The van der Waals surface area contributed by atoms with E-state index in [0.29, 0.717) is 28.7 Å². The highest BCUT2D eigenvalue weighted by Crippen LogP contribution is 2.20. The van der Waals surface area contributed by atoms with Crippen LogP contribution in [-0.2, 0) is 0 Å². The molecule has 0 bridgehead atoms. The molecular formula is C19H20ClNO2. The van der Waals surface area contributed by atoms with Gasteiger partial charge in [0, 0.05) is 16.1 Å². The number of carbonyl (C=O) groups excluding carboxylic acids is 1. The van der Waals surface area contributed by atoms with Crippen LogP contribution >= 0.6 is 11.6 Å². The molecule has 2 aromatic carbocycles. The van der Waals surface area contributed by atoms with E-state index in [1.165, 1.54) is 0 Å². The number of benzene rings is 2. The molecule has 1 N–H and O–H groups in total. The summed E-state index contributed by atoms with van der Waals surface area (Å²) in [4.78, 5) is 12.5. The summed E-state index contributed by atoms with van der Waals surface area (Å²) in [5.74, 6) is 1.32. The third kappa shape index (κ3) is 4.34. The van der Waals surface area contributed by atoms with Crippen LogP contribution in [-0.4, -0.2) is 25.5 Å². The van der Waals surface area contributed by atoms with Gasteiger partial charge in [-0.2, -0.15) is 0 Å². The Morgan fingerprint density at radius 2 is 1.83 bits per heavy atom. The van der Waals surface area contributed by atoms with Crippen molar-refractivity contribution in [2.24, 2.45) is 5.92 Å². The van der Waals surface area contributed by atoms with Crippen LogP contribution in [0.1, 0.15) is 28.8 Å². The van der Waals surface area contributed by atoms with Gasteiger partial charge in [0.05, 0.1) is 6.61 Å². The van der Waals surface area contributed by atoms with E-state index in [-0.39, 0.29) is 5.78 Å². The first kappa shape index (κ1) is 16.0. The summed E-state index contributed by atoms with van der Waals surface area (Å²) >= 11 is 5.87. The lowest BCUT2D eigenvalue weighted by molar-refractivity contribution is 0.103. The number of rotatable bonds is 5. The lowest BCUT2D eigenvalue weighted by Gasteiger charge is -2.22. The third-order valence-corrected chi connectivity index (χ3v) is 4.40. The summed E-state index contributed by atoms with van der Waals surface area (Å²) in [7, 11) is 0. The number of hydrogen-bond donors (Lipinski definition) is 1. The zero-order valence-corrected chi connectivity index (χ0v) is 13.7. The van der Waals surface area contributed by atoms with Gasteiger partial charge in [0.2, 0.25) is 0 Å². The van der Waals surface area contributed by atoms with Crippen molar-refractivity contribution >= 4 is 17.4 Å². The fourth-order valence-corrected chi connectivity index (χ4v) is 2.88. The molecule has 0 atom stereocenters. The van der Waals surface area contributed by atoms with E-state index in [4.69, 9.17) is 16.3 Å². The van der Waals surface area contributed by atoms with Crippen LogP contribution in [0.15, 0.2) is 48.5 Å². The fourth-order valence-electron chi connectivity index (χ4n) is 2.76. The van der Waals surface area contributed by atoms with Gasteiger partial charge in [-0.3, -0.25) is 4.79 Å². The van der Waals surface area contributed by atoms with Crippen LogP contribution in [0.3, 0.4) is 0 Å². The Morgan fingerprint density at radius 1 is 1.09 bits per heavy atom. The van der Waals surface area contributed by atoms with Crippen LogP contribution in [0.25, 0.3) is 0 Å². The normalized spacial score (nSPS) is 15.3. The predicted octanol–water partition coefficient (Wildman–Crippen LogP) is 3.95. The molecule has 4 heteroatoms. The molecule has 0 aliphatic carbocycles. The lowest BCUT2D eigenvalue weighted by atomic mass is 9.99. The average Bonchev–Trinajstić information content (AvgIpc) is 2.61. The van der Waals surface area contributed by atoms with E-state index in [1.807, 2.05) is 24.3 Å². The number of ether oxygens (including phenoxy) is 1. The summed E-state index contributed by atoms with van der Waals surface area (Å²) in [6, 6.07) is 14.3. The Kier molecular flexibility index (Phi) is 5.31. The van der Waals surface area contributed by atoms with Crippen molar-refractivity contribution in [1.82, 2.24) is 5.32 Å². The molecule has 120 valence electrons. The van der Waals surface area contributed by atoms with E-state index in [2.05, 4.69) is 5.32 Å². The van der Waals surface area contributed by atoms with Crippen LogP contribution in [0, 0.1) is 5.92 Å². The Morgan fingerprint density at radius 3 is 2.57 bits per heavy atom. The summed E-state index contributed by atoms with van der Waals surface area (Å²) in [5, 5.41) is 3.97. The van der Waals surface area contributed by atoms with Gasteiger partial charge in [-0.25, -0.2) is 0 Å². The van der Waals surface area contributed by atoms with Crippen molar-refractivity contribution < 1.29 is 9.53 Å². The molecule has 1 fully saturated rings. The maximum atomic E-state index is 12.5. The topological polar surface area (TPSA) is 38.3 Å². The Labute approximate surface area is 141 Å². The van der Waals surface area contributed by atoms with E-state index < -0.39 is 0 Å². The van der Waals surface area contributed by atoms with Gasteiger partial charge in [-0.15, -0.1) is 0 Å². The highest BCUT2D eigenvalue weighted by atomic mass is 35.5. The first-order valence-electron chi connectivity index (χ1n) is 7.96. The molecule has 0 aromatic heterocycles. The number of halogens is 1. The smallest absolute Gasteiger partial charge is 0.193 e. The summed E-state index contributed by atoms with van der Waals surface area (Å²) in [5.41, 5.74) is 1.26. The second-order valence-corrected chi connectivity index (χ2v) is 6.30. The number of piperidine rings is 1. The van der Waals surface area contributed by atoms with Crippen LogP contribution in [0.4, 0.5) is 0 Å². The summed E-state index contributed by atoms with van der Waals surface area (Å²) in [6.07, 6.45) is 2.28. The first-order valence-corrected chi connectivity index (χ1v) is 8.34. The van der Waals surface area contributed by atoms with Crippen molar-refractivity contribution in [3.8, 4) is 5.75 Å². The highest BCUT2D eigenvalue weighted by Gasteiger charge is 2.14. The maximum Gasteiger partial charge on any atom is 0.193 e. The zero-order valence-electron chi connectivity index (χ0n) is 12.9. The van der Waals surface area contributed by atoms with Crippen LogP contribution in [0.5, 0.6) is 5.75 Å². The largest absolute Gasteiger partial charge is 0.493 e. The van der Waals surface area contributed by atoms with Gasteiger partial charge in [0.25, 0.3) is 0 Å². The Hall–Kier alpha value is -1.84. The number of ketones is 1. The quantitative estimate of drug-likeness (QED) is 0.844. The molecule has 0 amide bonds. The van der Waals surface area contributed by atoms with E-state index >= 15 is 0 Å². The molecule has 0 radical (unpaired) electrons.